The summed E-state index contributed by atoms with van der Waals surface area (Å²) in [5, 5.41) is 0. The fourth-order valence-corrected chi connectivity index (χ4v) is 3.34. The van der Waals surface area contributed by atoms with E-state index in [1.54, 1.807) is 6.07 Å². The standard InChI is InChI=1S/C15H15FN2O2S/c1-15(2)10-11(15)14(20)18(13(10)19)6-7-3-8(12(17)21)5-9(16)4-7/h3-5,10-11H,6H2,1-2H3,(H2,17,21). The van der Waals surface area contributed by atoms with Crippen LogP contribution >= 0.6 is 12.2 Å². The van der Waals surface area contributed by atoms with Crippen molar-refractivity contribution in [1.29, 1.82) is 0 Å². The van der Waals surface area contributed by atoms with E-state index >= 15 is 0 Å². The number of carbonyl (C=O) groups is 2. The van der Waals surface area contributed by atoms with E-state index in [9.17, 15) is 14.0 Å². The Hall–Kier alpha value is -1.82. The highest BCUT2D eigenvalue weighted by Gasteiger charge is 2.72. The van der Waals surface area contributed by atoms with Gasteiger partial charge in [0.2, 0.25) is 11.8 Å². The van der Waals surface area contributed by atoms with Crippen LogP contribution in [0.15, 0.2) is 18.2 Å². The molecule has 2 fully saturated rings. The average molecular weight is 306 g/mol. The number of likely N-dealkylation sites (tertiary alicyclic amines) is 1. The lowest BCUT2D eigenvalue weighted by molar-refractivity contribution is -0.143. The summed E-state index contributed by atoms with van der Waals surface area (Å²) in [6.45, 7) is 3.90. The van der Waals surface area contributed by atoms with E-state index in [2.05, 4.69) is 0 Å². The molecule has 0 spiro atoms. The topological polar surface area (TPSA) is 63.4 Å². The summed E-state index contributed by atoms with van der Waals surface area (Å²) >= 11 is 4.83. The van der Waals surface area contributed by atoms with Gasteiger partial charge in [0, 0.05) is 5.56 Å². The predicted molar refractivity (Wildman–Crippen MR) is 78.6 cm³/mol. The van der Waals surface area contributed by atoms with Gasteiger partial charge in [-0.3, -0.25) is 14.5 Å². The van der Waals surface area contributed by atoms with Gasteiger partial charge >= 0.3 is 0 Å². The first kappa shape index (κ1) is 14.1. The van der Waals surface area contributed by atoms with Crippen molar-refractivity contribution in [2.45, 2.75) is 20.4 Å². The first-order valence-electron chi connectivity index (χ1n) is 6.68. The second kappa shape index (κ2) is 4.34. The number of nitrogens with zero attached hydrogens (tertiary/aromatic N) is 1. The van der Waals surface area contributed by atoms with E-state index in [1.807, 2.05) is 13.8 Å². The number of halogens is 1. The summed E-state index contributed by atoms with van der Waals surface area (Å²) < 4.78 is 13.6. The summed E-state index contributed by atoms with van der Waals surface area (Å²) in [5.74, 6) is -1.28. The van der Waals surface area contributed by atoms with Crippen LogP contribution in [0.2, 0.25) is 0 Å². The molecule has 3 rings (SSSR count). The summed E-state index contributed by atoms with van der Waals surface area (Å²) in [7, 11) is 0. The number of nitrogens with two attached hydrogens (primary N) is 1. The Balaban J connectivity index is 1.84. The fourth-order valence-electron chi connectivity index (χ4n) is 3.23. The molecular weight excluding hydrogens is 291 g/mol. The number of fused-ring (bicyclic) bond motifs is 1. The second-order valence-electron chi connectivity index (χ2n) is 6.25. The van der Waals surface area contributed by atoms with E-state index in [-0.39, 0.29) is 40.6 Å². The lowest BCUT2D eigenvalue weighted by Crippen LogP contribution is -2.35. The summed E-state index contributed by atoms with van der Waals surface area (Å²) in [5.41, 5.74) is 6.16. The number of carbonyl (C=O) groups excluding carboxylic acids is 2. The number of hydrogen-bond donors (Lipinski definition) is 1. The molecule has 2 aliphatic rings. The Labute approximate surface area is 127 Å². The third-order valence-electron chi connectivity index (χ3n) is 4.47. The van der Waals surface area contributed by atoms with Crippen LogP contribution in [-0.2, 0) is 16.1 Å². The second-order valence-corrected chi connectivity index (χ2v) is 6.69. The van der Waals surface area contributed by atoms with Gasteiger partial charge in [-0.15, -0.1) is 0 Å². The van der Waals surface area contributed by atoms with Gasteiger partial charge in [-0.25, -0.2) is 4.39 Å². The SMILES string of the molecule is CC1(C)C2C(=O)N(Cc3cc(F)cc(C(N)=S)c3)C(=O)C21. The van der Waals surface area contributed by atoms with Crippen LogP contribution in [-0.4, -0.2) is 21.7 Å². The molecule has 1 aliphatic heterocycles. The molecule has 1 saturated carbocycles. The van der Waals surface area contributed by atoms with Gasteiger partial charge in [0.05, 0.1) is 18.4 Å². The third-order valence-corrected chi connectivity index (χ3v) is 4.71. The normalized spacial score (nSPS) is 26.0. The Morgan fingerprint density at radius 3 is 2.38 bits per heavy atom. The highest BCUT2D eigenvalue weighted by atomic mass is 32.1. The van der Waals surface area contributed by atoms with E-state index in [0.29, 0.717) is 11.1 Å². The Bertz CT molecular complexity index is 662. The Morgan fingerprint density at radius 2 is 1.86 bits per heavy atom. The number of rotatable bonds is 3. The molecule has 2 N–H and O–H groups in total. The van der Waals surface area contributed by atoms with E-state index < -0.39 is 5.82 Å². The minimum absolute atomic E-state index is 0.0636. The zero-order chi connectivity index (χ0) is 15.5. The Morgan fingerprint density at radius 1 is 1.29 bits per heavy atom. The molecule has 21 heavy (non-hydrogen) atoms. The molecule has 1 saturated heterocycles. The van der Waals surface area contributed by atoms with E-state index in [0.717, 1.165) is 0 Å². The first-order chi connectivity index (χ1) is 9.73. The highest BCUT2D eigenvalue weighted by Crippen LogP contribution is 2.63. The Kier molecular flexibility index (Phi) is 2.92. The van der Waals surface area contributed by atoms with Crippen LogP contribution in [0.25, 0.3) is 0 Å². The molecule has 1 aromatic carbocycles. The van der Waals surface area contributed by atoms with E-state index in [1.165, 1.54) is 17.0 Å². The maximum absolute atomic E-state index is 13.6. The molecule has 0 bridgehead atoms. The molecule has 1 heterocycles. The molecule has 6 heteroatoms. The lowest BCUT2D eigenvalue weighted by Gasteiger charge is -2.20. The average Bonchev–Trinajstić information content (AvgIpc) is 2.85. The number of benzene rings is 1. The summed E-state index contributed by atoms with van der Waals surface area (Å²) in [6, 6.07) is 4.14. The van der Waals surface area contributed by atoms with Crippen molar-refractivity contribution in [1.82, 2.24) is 4.90 Å². The molecule has 2 unspecified atom stereocenters. The van der Waals surface area contributed by atoms with Crippen LogP contribution in [0, 0.1) is 23.1 Å². The van der Waals surface area contributed by atoms with Crippen LogP contribution < -0.4 is 5.73 Å². The molecular formula is C15H15FN2O2S. The number of amides is 2. The minimum Gasteiger partial charge on any atom is -0.389 e. The summed E-state index contributed by atoms with van der Waals surface area (Å²) in [6.07, 6.45) is 0. The van der Waals surface area contributed by atoms with Crippen LogP contribution in [0.5, 0.6) is 0 Å². The molecule has 4 nitrogen and oxygen atoms in total. The smallest absolute Gasteiger partial charge is 0.233 e. The number of piperidine rings is 1. The van der Waals surface area contributed by atoms with Crippen molar-refractivity contribution in [2.75, 3.05) is 0 Å². The van der Waals surface area contributed by atoms with Gasteiger partial charge < -0.3 is 5.73 Å². The van der Waals surface area contributed by atoms with Gasteiger partial charge in [0.1, 0.15) is 10.8 Å². The molecule has 1 aromatic rings. The third kappa shape index (κ3) is 2.05. The van der Waals surface area contributed by atoms with Crippen molar-refractivity contribution in [3.8, 4) is 0 Å². The van der Waals surface area contributed by atoms with Crippen molar-refractivity contribution in [2.24, 2.45) is 23.0 Å². The predicted octanol–water partition coefficient (Wildman–Crippen LogP) is 1.60. The summed E-state index contributed by atoms with van der Waals surface area (Å²) in [4.78, 5) is 25.8. The lowest BCUT2D eigenvalue weighted by atomic mass is 10.0. The van der Waals surface area contributed by atoms with Gasteiger partial charge in [0.25, 0.3) is 0 Å². The molecule has 1 aliphatic carbocycles. The van der Waals surface area contributed by atoms with Gasteiger partial charge in [0.15, 0.2) is 0 Å². The molecule has 2 atom stereocenters. The van der Waals surface area contributed by atoms with Crippen LogP contribution in [0.4, 0.5) is 4.39 Å². The van der Waals surface area contributed by atoms with Crippen molar-refractivity contribution < 1.29 is 14.0 Å². The fraction of sp³-hybridized carbons (Fsp3) is 0.400. The van der Waals surface area contributed by atoms with E-state index in [4.69, 9.17) is 18.0 Å². The maximum atomic E-state index is 13.6. The minimum atomic E-state index is -0.486. The van der Waals surface area contributed by atoms with Crippen molar-refractivity contribution >= 4 is 29.0 Å². The molecule has 2 amide bonds. The monoisotopic (exact) mass is 306 g/mol. The number of thiocarbonyl (C=S) groups is 1. The van der Waals surface area contributed by atoms with Crippen molar-refractivity contribution in [3.63, 3.8) is 0 Å². The largest absolute Gasteiger partial charge is 0.389 e. The van der Waals surface area contributed by atoms with Crippen molar-refractivity contribution in [3.05, 3.63) is 35.1 Å². The zero-order valence-electron chi connectivity index (χ0n) is 11.7. The molecule has 0 radical (unpaired) electrons. The van der Waals surface area contributed by atoms with Crippen LogP contribution in [0.1, 0.15) is 25.0 Å². The first-order valence-corrected chi connectivity index (χ1v) is 7.09. The van der Waals surface area contributed by atoms with Crippen LogP contribution in [0.3, 0.4) is 0 Å². The molecule has 110 valence electrons. The molecule has 0 aromatic heterocycles. The zero-order valence-corrected chi connectivity index (χ0v) is 12.5. The van der Waals surface area contributed by atoms with Gasteiger partial charge in [-0.2, -0.15) is 0 Å². The number of imide groups is 1. The quantitative estimate of drug-likeness (QED) is 0.680. The van der Waals surface area contributed by atoms with Gasteiger partial charge in [-0.05, 0) is 29.2 Å². The number of hydrogen-bond acceptors (Lipinski definition) is 3. The highest BCUT2D eigenvalue weighted by molar-refractivity contribution is 7.80. The van der Waals surface area contributed by atoms with Gasteiger partial charge in [-0.1, -0.05) is 26.1 Å². The maximum Gasteiger partial charge on any atom is 0.233 e.